The molecule has 0 spiro atoms. The van der Waals surface area contributed by atoms with E-state index in [1.807, 2.05) is 12.1 Å². The van der Waals surface area contributed by atoms with Gasteiger partial charge in [0.15, 0.2) is 0 Å². The van der Waals surface area contributed by atoms with Crippen LogP contribution in [-0.2, 0) is 6.54 Å². The summed E-state index contributed by atoms with van der Waals surface area (Å²) in [7, 11) is 0. The van der Waals surface area contributed by atoms with Crippen LogP contribution in [0.1, 0.15) is 37.3 Å². The number of nitrogens with zero attached hydrogens (tertiary/aromatic N) is 2. The van der Waals surface area contributed by atoms with Gasteiger partial charge in [-0.1, -0.05) is 19.4 Å². The quantitative estimate of drug-likeness (QED) is 0.888. The molecule has 18 heavy (non-hydrogen) atoms. The van der Waals surface area contributed by atoms with Crippen molar-refractivity contribution in [3.63, 3.8) is 0 Å². The average Bonchev–Trinajstić information content (AvgIpc) is 2.46. The third kappa shape index (κ3) is 2.65. The fourth-order valence-corrected chi connectivity index (χ4v) is 2.69. The number of piperidine rings is 1. The molecule has 0 amide bonds. The van der Waals surface area contributed by atoms with Crippen LogP contribution in [0.3, 0.4) is 0 Å². The number of hydrogen-bond acceptors (Lipinski definition) is 3. The van der Waals surface area contributed by atoms with Gasteiger partial charge in [0, 0.05) is 19.6 Å². The van der Waals surface area contributed by atoms with Crippen LogP contribution in [-0.4, -0.2) is 13.1 Å². The third-order valence-electron chi connectivity index (χ3n) is 3.85. The molecule has 2 N–H and O–H groups in total. The van der Waals surface area contributed by atoms with E-state index in [0.29, 0.717) is 6.54 Å². The van der Waals surface area contributed by atoms with Gasteiger partial charge < -0.3 is 10.6 Å². The Kier molecular flexibility index (Phi) is 4.22. The maximum atomic E-state index is 9.27. The van der Waals surface area contributed by atoms with Crippen LogP contribution in [0.25, 0.3) is 0 Å². The molecule has 1 aliphatic rings. The minimum absolute atomic E-state index is 0.493. The normalized spacial score (nSPS) is 19.6. The summed E-state index contributed by atoms with van der Waals surface area (Å²) in [5, 5.41) is 9.27. The first-order valence-electron chi connectivity index (χ1n) is 6.76. The number of hydrogen-bond donors (Lipinski definition) is 1. The fraction of sp³-hybridized carbons (Fsp3) is 0.533. The van der Waals surface area contributed by atoms with Crippen molar-refractivity contribution in [3.8, 4) is 6.07 Å². The average molecular weight is 243 g/mol. The Balaban J connectivity index is 2.24. The lowest BCUT2D eigenvalue weighted by Crippen LogP contribution is -2.35. The van der Waals surface area contributed by atoms with Gasteiger partial charge in [-0.05, 0) is 36.5 Å². The highest BCUT2D eigenvalue weighted by atomic mass is 15.1. The first-order chi connectivity index (χ1) is 8.78. The van der Waals surface area contributed by atoms with Crippen molar-refractivity contribution in [2.75, 3.05) is 18.0 Å². The lowest BCUT2D eigenvalue weighted by Gasteiger charge is -2.34. The molecule has 3 nitrogen and oxygen atoms in total. The second kappa shape index (κ2) is 5.88. The molecular formula is C15H21N3. The van der Waals surface area contributed by atoms with Crippen molar-refractivity contribution in [1.82, 2.24) is 0 Å². The zero-order chi connectivity index (χ0) is 13.0. The third-order valence-corrected chi connectivity index (χ3v) is 3.85. The van der Waals surface area contributed by atoms with E-state index in [1.54, 1.807) is 0 Å². The van der Waals surface area contributed by atoms with Crippen LogP contribution in [0.4, 0.5) is 5.69 Å². The van der Waals surface area contributed by atoms with Gasteiger partial charge in [-0.15, -0.1) is 0 Å². The minimum Gasteiger partial charge on any atom is -0.370 e. The maximum absolute atomic E-state index is 9.27. The highest BCUT2D eigenvalue weighted by Gasteiger charge is 2.20. The summed E-state index contributed by atoms with van der Waals surface area (Å²) in [6, 6.07) is 8.31. The molecule has 0 aromatic heterocycles. The van der Waals surface area contributed by atoms with Crippen molar-refractivity contribution >= 4 is 5.69 Å². The van der Waals surface area contributed by atoms with Gasteiger partial charge in [-0.25, -0.2) is 0 Å². The SMILES string of the molecule is CCC1CCCN(c2ccc(CN)cc2C#N)C1. The van der Waals surface area contributed by atoms with Crippen LogP contribution in [0.15, 0.2) is 18.2 Å². The fourth-order valence-electron chi connectivity index (χ4n) is 2.69. The van der Waals surface area contributed by atoms with Crippen molar-refractivity contribution in [3.05, 3.63) is 29.3 Å². The van der Waals surface area contributed by atoms with Gasteiger partial charge in [0.2, 0.25) is 0 Å². The minimum atomic E-state index is 0.493. The van der Waals surface area contributed by atoms with Crippen LogP contribution in [0.2, 0.25) is 0 Å². The van der Waals surface area contributed by atoms with E-state index in [1.165, 1.54) is 19.3 Å². The summed E-state index contributed by atoms with van der Waals surface area (Å²) >= 11 is 0. The topological polar surface area (TPSA) is 53.0 Å². The van der Waals surface area contributed by atoms with Crippen molar-refractivity contribution in [2.45, 2.75) is 32.7 Å². The molecule has 0 radical (unpaired) electrons. The second-order valence-electron chi connectivity index (χ2n) is 5.03. The molecule has 1 aromatic carbocycles. The molecule has 0 saturated carbocycles. The standard InChI is InChI=1S/C15H21N3/c1-2-12-4-3-7-18(11-12)15-6-5-13(9-16)8-14(15)10-17/h5-6,8,12H,2-4,7,9,11,16H2,1H3. The molecule has 1 heterocycles. The summed E-state index contributed by atoms with van der Waals surface area (Å²) in [5.74, 6) is 0.763. The summed E-state index contributed by atoms with van der Waals surface area (Å²) in [4.78, 5) is 2.36. The number of rotatable bonds is 3. The highest BCUT2D eigenvalue weighted by Crippen LogP contribution is 2.28. The lowest BCUT2D eigenvalue weighted by atomic mass is 9.94. The molecule has 0 aliphatic carbocycles. The van der Waals surface area contributed by atoms with Gasteiger partial charge in [-0.2, -0.15) is 5.26 Å². The Bertz CT molecular complexity index is 448. The summed E-state index contributed by atoms with van der Waals surface area (Å²) in [5.41, 5.74) is 8.49. The smallest absolute Gasteiger partial charge is 0.101 e. The Labute approximate surface area is 109 Å². The van der Waals surface area contributed by atoms with E-state index in [9.17, 15) is 5.26 Å². The molecule has 1 unspecified atom stereocenters. The van der Waals surface area contributed by atoms with Crippen molar-refractivity contribution in [1.29, 1.82) is 5.26 Å². The zero-order valence-electron chi connectivity index (χ0n) is 11.0. The Morgan fingerprint density at radius 1 is 1.50 bits per heavy atom. The van der Waals surface area contributed by atoms with Crippen molar-refractivity contribution in [2.24, 2.45) is 11.7 Å². The summed E-state index contributed by atoms with van der Waals surface area (Å²) in [6.45, 7) is 4.88. The van der Waals surface area contributed by atoms with E-state index in [0.717, 1.165) is 35.8 Å². The van der Waals surface area contributed by atoms with Gasteiger partial charge in [0.25, 0.3) is 0 Å². The molecule has 2 rings (SSSR count). The maximum Gasteiger partial charge on any atom is 0.101 e. The Hall–Kier alpha value is -1.53. The highest BCUT2D eigenvalue weighted by molar-refractivity contribution is 5.60. The first kappa shape index (κ1) is 12.9. The van der Waals surface area contributed by atoms with Crippen LogP contribution < -0.4 is 10.6 Å². The van der Waals surface area contributed by atoms with Gasteiger partial charge in [0.05, 0.1) is 11.3 Å². The number of nitrogens with two attached hydrogens (primary N) is 1. The largest absolute Gasteiger partial charge is 0.370 e. The summed E-state index contributed by atoms with van der Waals surface area (Å²) in [6.07, 6.45) is 3.76. The van der Waals surface area contributed by atoms with Gasteiger partial charge in [0.1, 0.15) is 6.07 Å². The predicted molar refractivity (Wildman–Crippen MR) is 74.3 cm³/mol. The molecular weight excluding hydrogens is 222 g/mol. The second-order valence-corrected chi connectivity index (χ2v) is 5.03. The number of anilines is 1. The van der Waals surface area contributed by atoms with E-state index in [-0.39, 0.29) is 0 Å². The van der Waals surface area contributed by atoms with E-state index >= 15 is 0 Å². The van der Waals surface area contributed by atoms with E-state index < -0.39 is 0 Å². The molecule has 3 heteroatoms. The van der Waals surface area contributed by atoms with Crippen LogP contribution in [0, 0.1) is 17.2 Å². The van der Waals surface area contributed by atoms with E-state index in [4.69, 9.17) is 5.73 Å². The number of benzene rings is 1. The van der Waals surface area contributed by atoms with Gasteiger partial charge >= 0.3 is 0 Å². The Morgan fingerprint density at radius 2 is 2.33 bits per heavy atom. The predicted octanol–water partition coefficient (Wildman–Crippen LogP) is 2.64. The summed E-state index contributed by atoms with van der Waals surface area (Å²) < 4.78 is 0. The molecule has 96 valence electrons. The molecule has 1 atom stereocenters. The van der Waals surface area contributed by atoms with Gasteiger partial charge in [-0.3, -0.25) is 0 Å². The van der Waals surface area contributed by atoms with Crippen LogP contribution in [0.5, 0.6) is 0 Å². The lowest BCUT2D eigenvalue weighted by molar-refractivity contribution is 0.404. The first-order valence-corrected chi connectivity index (χ1v) is 6.76. The molecule has 1 saturated heterocycles. The Morgan fingerprint density at radius 3 is 3.00 bits per heavy atom. The molecule has 1 aliphatic heterocycles. The van der Waals surface area contributed by atoms with Crippen LogP contribution >= 0.6 is 0 Å². The molecule has 1 fully saturated rings. The molecule has 0 bridgehead atoms. The van der Waals surface area contributed by atoms with E-state index in [2.05, 4.69) is 24.0 Å². The monoisotopic (exact) mass is 243 g/mol. The molecule has 1 aromatic rings. The van der Waals surface area contributed by atoms with Crippen molar-refractivity contribution < 1.29 is 0 Å². The number of nitriles is 1. The zero-order valence-corrected chi connectivity index (χ0v) is 11.0.